The molecule has 0 aliphatic rings. The summed E-state index contributed by atoms with van der Waals surface area (Å²) in [7, 11) is 0. The summed E-state index contributed by atoms with van der Waals surface area (Å²) >= 11 is 0. The standard InChI is InChI=1S/C14H18N4O/c1-10(14-16-7-8-17-14)18-13(19)6-5-11-3-2-4-12(15)9-11/h2-4,7-10H,5-6,15H2,1H3,(H,16,17)(H,18,19). The van der Waals surface area contributed by atoms with Crippen LogP contribution < -0.4 is 11.1 Å². The van der Waals surface area contributed by atoms with Crippen molar-refractivity contribution in [2.75, 3.05) is 5.73 Å². The second-order valence-corrected chi connectivity index (χ2v) is 4.51. The minimum absolute atomic E-state index is 0.00586. The highest BCUT2D eigenvalue weighted by molar-refractivity contribution is 5.76. The van der Waals surface area contributed by atoms with Gasteiger partial charge in [-0.1, -0.05) is 12.1 Å². The van der Waals surface area contributed by atoms with E-state index in [0.29, 0.717) is 12.8 Å². The van der Waals surface area contributed by atoms with Gasteiger partial charge in [0.15, 0.2) is 0 Å². The zero-order valence-electron chi connectivity index (χ0n) is 10.9. The summed E-state index contributed by atoms with van der Waals surface area (Å²) in [6, 6.07) is 7.49. The molecule has 0 spiro atoms. The molecule has 0 fully saturated rings. The Kier molecular flexibility index (Phi) is 4.18. The number of benzene rings is 1. The molecule has 100 valence electrons. The van der Waals surface area contributed by atoms with Crippen molar-refractivity contribution in [1.82, 2.24) is 15.3 Å². The number of nitrogens with zero attached hydrogens (tertiary/aromatic N) is 1. The molecule has 1 heterocycles. The molecule has 4 N–H and O–H groups in total. The van der Waals surface area contributed by atoms with Gasteiger partial charge in [0.25, 0.3) is 0 Å². The zero-order valence-corrected chi connectivity index (χ0v) is 10.9. The lowest BCUT2D eigenvalue weighted by Crippen LogP contribution is -2.27. The lowest BCUT2D eigenvalue weighted by Gasteiger charge is -2.11. The van der Waals surface area contributed by atoms with Crippen LogP contribution in [0.2, 0.25) is 0 Å². The molecule has 1 aromatic heterocycles. The van der Waals surface area contributed by atoms with Gasteiger partial charge in [-0.25, -0.2) is 4.98 Å². The van der Waals surface area contributed by atoms with Crippen LogP contribution in [0.1, 0.15) is 30.8 Å². The Morgan fingerprint density at radius 3 is 3.05 bits per heavy atom. The Hall–Kier alpha value is -2.30. The van der Waals surface area contributed by atoms with Crippen LogP contribution in [0, 0.1) is 0 Å². The fourth-order valence-corrected chi connectivity index (χ4v) is 1.90. The SMILES string of the molecule is CC(NC(=O)CCc1cccc(N)c1)c1ncc[nH]1. The molecule has 1 unspecified atom stereocenters. The van der Waals surface area contributed by atoms with Gasteiger partial charge in [-0.3, -0.25) is 4.79 Å². The molecule has 1 amide bonds. The quantitative estimate of drug-likeness (QED) is 0.715. The lowest BCUT2D eigenvalue weighted by molar-refractivity contribution is -0.121. The van der Waals surface area contributed by atoms with Crippen molar-refractivity contribution < 1.29 is 4.79 Å². The number of imidazole rings is 1. The number of hydrogen-bond donors (Lipinski definition) is 3. The van der Waals surface area contributed by atoms with Crippen LogP contribution in [0.5, 0.6) is 0 Å². The van der Waals surface area contributed by atoms with Crippen molar-refractivity contribution >= 4 is 11.6 Å². The van der Waals surface area contributed by atoms with Crippen molar-refractivity contribution in [3.8, 4) is 0 Å². The number of aromatic nitrogens is 2. The largest absolute Gasteiger partial charge is 0.399 e. The van der Waals surface area contributed by atoms with Crippen LogP contribution in [-0.2, 0) is 11.2 Å². The average molecular weight is 258 g/mol. The van der Waals surface area contributed by atoms with Crippen LogP contribution >= 0.6 is 0 Å². The first-order chi connectivity index (χ1) is 9.15. The molecule has 0 saturated carbocycles. The molecule has 5 heteroatoms. The van der Waals surface area contributed by atoms with Gasteiger partial charge in [-0.15, -0.1) is 0 Å². The summed E-state index contributed by atoms with van der Waals surface area (Å²) in [6.45, 7) is 1.90. The van der Waals surface area contributed by atoms with E-state index in [1.54, 1.807) is 12.4 Å². The Bertz CT molecular complexity index is 536. The maximum Gasteiger partial charge on any atom is 0.220 e. The van der Waals surface area contributed by atoms with Crippen LogP contribution in [0.3, 0.4) is 0 Å². The Balaban J connectivity index is 1.82. The van der Waals surface area contributed by atoms with E-state index in [1.165, 1.54) is 0 Å². The predicted molar refractivity (Wildman–Crippen MR) is 74.3 cm³/mol. The molecule has 0 aliphatic carbocycles. The number of H-pyrrole nitrogens is 1. The first kappa shape index (κ1) is 13.1. The monoisotopic (exact) mass is 258 g/mol. The Labute approximate surface area is 112 Å². The molecule has 0 radical (unpaired) electrons. The van der Waals surface area contributed by atoms with Crippen LogP contribution in [-0.4, -0.2) is 15.9 Å². The summed E-state index contributed by atoms with van der Waals surface area (Å²) in [5, 5.41) is 2.90. The Morgan fingerprint density at radius 2 is 2.37 bits per heavy atom. The highest BCUT2D eigenvalue weighted by Gasteiger charge is 2.11. The van der Waals surface area contributed by atoms with Crippen LogP contribution in [0.25, 0.3) is 0 Å². The fourth-order valence-electron chi connectivity index (χ4n) is 1.90. The van der Waals surface area contributed by atoms with E-state index in [0.717, 1.165) is 17.1 Å². The lowest BCUT2D eigenvalue weighted by atomic mass is 10.1. The van der Waals surface area contributed by atoms with Gasteiger partial charge >= 0.3 is 0 Å². The van der Waals surface area contributed by atoms with E-state index in [-0.39, 0.29) is 11.9 Å². The third kappa shape index (κ3) is 3.84. The van der Waals surface area contributed by atoms with Crippen molar-refractivity contribution in [2.24, 2.45) is 0 Å². The predicted octanol–water partition coefficient (Wildman–Crippen LogP) is 1.80. The zero-order chi connectivity index (χ0) is 13.7. The maximum atomic E-state index is 11.8. The number of hydrogen-bond acceptors (Lipinski definition) is 3. The smallest absolute Gasteiger partial charge is 0.220 e. The molecule has 2 rings (SSSR count). The van der Waals surface area contributed by atoms with Gasteiger partial charge < -0.3 is 16.0 Å². The summed E-state index contributed by atoms with van der Waals surface area (Å²) < 4.78 is 0. The van der Waals surface area contributed by atoms with Gasteiger partial charge in [-0.05, 0) is 31.0 Å². The molecular weight excluding hydrogens is 240 g/mol. The number of nitrogen functional groups attached to an aromatic ring is 1. The summed E-state index contributed by atoms with van der Waals surface area (Å²) in [5.41, 5.74) is 7.49. The number of rotatable bonds is 5. The van der Waals surface area contributed by atoms with E-state index in [2.05, 4.69) is 15.3 Å². The fraction of sp³-hybridized carbons (Fsp3) is 0.286. The van der Waals surface area contributed by atoms with Gasteiger partial charge in [0, 0.05) is 24.5 Å². The molecule has 5 nitrogen and oxygen atoms in total. The molecule has 0 bridgehead atoms. The molecule has 1 aromatic carbocycles. The molecule has 19 heavy (non-hydrogen) atoms. The number of nitrogens with one attached hydrogen (secondary N) is 2. The van der Waals surface area contributed by atoms with E-state index in [4.69, 9.17) is 5.73 Å². The van der Waals surface area contributed by atoms with Gasteiger partial charge in [-0.2, -0.15) is 0 Å². The number of nitrogens with two attached hydrogens (primary N) is 1. The van der Waals surface area contributed by atoms with E-state index >= 15 is 0 Å². The van der Waals surface area contributed by atoms with Gasteiger partial charge in [0.05, 0.1) is 6.04 Å². The number of amides is 1. The van der Waals surface area contributed by atoms with Gasteiger partial charge in [0.1, 0.15) is 5.82 Å². The van der Waals surface area contributed by atoms with Crippen molar-refractivity contribution in [3.63, 3.8) is 0 Å². The van der Waals surface area contributed by atoms with Crippen molar-refractivity contribution in [1.29, 1.82) is 0 Å². The number of aryl methyl sites for hydroxylation is 1. The summed E-state index contributed by atoms with van der Waals surface area (Å²) in [6.07, 6.45) is 4.53. The van der Waals surface area contributed by atoms with E-state index < -0.39 is 0 Å². The maximum absolute atomic E-state index is 11.8. The van der Waals surface area contributed by atoms with Crippen LogP contribution in [0.15, 0.2) is 36.7 Å². The normalized spacial score (nSPS) is 12.1. The Morgan fingerprint density at radius 1 is 1.53 bits per heavy atom. The molecule has 1 atom stereocenters. The number of carbonyl (C=O) groups excluding carboxylic acids is 1. The van der Waals surface area contributed by atoms with Crippen molar-refractivity contribution in [2.45, 2.75) is 25.8 Å². The minimum atomic E-state index is -0.108. The first-order valence-corrected chi connectivity index (χ1v) is 6.28. The van der Waals surface area contributed by atoms with Crippen LogP contribution in [0.4, 0.5) is 5.69 Å². The van der Waals surface area contributed by atoms with Gasteiger partial charge in [0.2, 0.25) is 5.91 Å². The summed E-state index contributed by atoms with van der Waals surface area (Å²) in [5.74, 6) is 0.767. The third-order valence-electron chi connectivity index (χ3n) is 2.90. The average Bonchev–Trinajstić information content (AvgIpc) is 2.90. The molecule has 0 saturated heterocycles. The third-order valence-corrected chi connectivity index (χ3v) is 2.90. The van der Waals surface area contributed by atoms with E-state index in [1.807, 2.05) is 31.2 Å². The molecular formula is C14H18N4O. The summed E-state index contributed by atoms with van der Waals surface area (Å²) in [4.78, 5) is 18.9. The number of anilines is 1. The highest BCUT2D eigenvalue weighted by Crippen LogP contribution is 2.10. The van der Waals surface area contributed by atoms with Crippen molar-refractivity contribution in [3.05, 3.63) is 48.0 Å². The molecule has 0 aliphatic heterocycles. The second kappa shape index (κ2) is 6.04. The second-order valence-electron chi connectivity index (χ2n) is 4.51. The molecule has 2 aromatic rings. The topological polar surface area (TPSA) is 83.8 Å². The van der Waals surface area contributed by atoms with E-state index in [9.17, 15) is 4.79 Å². The first-order valence-electron chi connectivity index (χ1n) is 6.28. The highest BCUT2D eigenvalue weighted by atomic mass is 16.1. The minimum Gasteiger partial charge on any atom is -0.399 e. The number of carbonyl (C=O) groups is 1. The number of aromatic amines is 1.